The van der Waals surface area contributed by atoms with Crippen molar-refractivity contribution in [2.24, 2.45) is 0 Å². The van der Waals surface area contributed by atoms with Crippen LogP contribution < -0.4 is 0 Å². The minimum absolute atomic E-state index is 0.102. The highest BCUT2D eigenvalue weighted by atomic mass is 31.2. The second-order valence-corrected chi connectivity index (χ2v) is 5.57. The summed E-state index contributed by atoms with van der Waals surface area (Å²) in [6, 6.07) is 5.66. The van der Waals surface area contributed by atoms with Gasteiger partial charge < -0.3 is 9.05 Å². The molecule has 6 heteroatoms. The molecule has 0 unspecified atom stereocenters. The maximum absolute atomic E-state index is 13.1. The van der Waals surface area contributed by atoms with E-state index in [0.717, 1.165) is 0 Å². The molecule has 0 aliphatic rings. The molecule has 0 saturated carbocycles. The SMILES string of the molecule is CCOP(=O)(Cc1cc(F)ccc1C#N)OCC. The van der Waals surface area contributed by atoms with Crippen molar-refractivity contribution in [3.05, 3.63) is 35.1 Å². The third-order valence-corrected chi connectivity index (χ3v) is 4.23. The summed E-state index contributed by atoms with van der Waals surface area (Å²) in [7, 11) is -3.32. The Hall–Kier alpha value is -1.21. The van der Waals surface area contributed by atoms with Crippen molar-refractivity contribution >= 4 is 7.60 Å². The second kappa shape index (κ2) is 6.65. The Kier molecular flexibility index (Phi) is 5.49. The molecule has 0 N–H and O–H groups in total. The Labute approximate surface area is 106 Å². The largest absolute Gasteiger partial charge is 0.335 e. The summed E-state index contributed by atoms with van der Waals surface area (Å²) < 4.78 is 35.7. The molecule has 4 nitrogen and oxygen atoms in total. The minimum Gasteiger partial charge on any atom is -0.309 e. The normalized spacial score (nSPS) is 11.2. The van der Waals surface area contributed by atoms with Crippen LogP contribution >= 0.6 is 7.60 Å². The van der Waals surface area contributed by atoms with E-state index in [1.54, 1.807) is 13.8 Å². The highest BCUT2D eigenvalue weighted by Crippen LogP contribution is 2.51. The Balaban J connectivity index is 3.04. The van der Waals surface area contributed by atoms with Crippen LogP contribution in [0.5, 0.6) is 0 Å². The fourth-order valence-electron chi connectivity index (χ4n) is 1.53. The molecule has 0 spiro atoms. The molecule has 0 radical (unpaired) electrons. The molecular formula is C12H15FNO3P. The molecule has 0 atom stereocenters. The summed E-state index contributed by atoms with van der Waals surface area (Å²) >= 11 is 0. The third kappa shape index (κ3) is 3.92. The van der Waals surface area contributed by atoms with Crippen LogP contribution in [0.15, 0.2) is 18.2 Å². The molecule has 98 valence electrons. The van der Waals surface area contributed by atoms with Crippen molar-refractivity contribution in [1.29, 1.82) is 5.26 Å². The minimum atomic E-state index is -3.32. The summed E-state index contributed by atoms with van der Waals surface area (Å²) in [5.74, 6) is -0.483. The van der Waals surface area contributed by atoms with E-state index < -0.39 is 13.4 Å². The lowest BCUT2D eigenvalue weighted by atomic mass is 10.1. The monoisotopic (exact) mass is 271 g/mol. The zero-order valence-corrected chi connectivity index (χ0v) is 11.2. The number of nitrogens with zero attached hydrogens (tertiary/aromatic N) is 1. The van der Waals surface area contributed by atoms with Crippen molar-refractivity contribution in [3.63, 3.8) is 0 Å². The van der Waals surface area contributed by atoms with Gasteiger partial charge in [-0.25, -0.2) is 4.39 Å². The van der Waals surface area contributed by atoms with Crippen LogP contribution in [0.25, 0.3) is 0 Å². The van der Waals surface area contributed by atoms with E-state index in [0.29, 0.717) is 5.56 Å². The zero-order valence-electron chi connectivity index (χ0n) is 10.4. The molecule has 0 aliphatic heterocycles. The maximum Gasteiger partial charge on any atom is 0.335 e. The topological polar surface area (TPSA) is 59.3 Å². The number of hydrogen-bond acceptors (Lipinski definition) is 4. The van der Waals surface area contributed by atoms with Gasteiger partial charge >= 0.3 is 7.60 Å². The van der Waals surface area contributed by atoms with E-state index in [9.17, 15) is 8.96 Å². The van der Waals surface area contributed by atoms with E-state index in [2.05, 4.69) is 0 Å². The van der Waals surface area contributed by atoms with E-state index in [1.807, 2.05) is 6.07 Å². The first kappa shape index (κ1) is 14.8. The van der Waals surface area contributed by atoms with Gasteiger partial charge in [0.05, 0.1) is 31.0 Å². The average molecular weight is 271 g/mol. The fraction of sp³-hybridized carbons (Fsp3) is 0.417. The highest BCUT2D eigenvalue weighted by molar-refractivity contribution is 7.53. The summed E-state index contributed by atoms with van der Waals surface area (Å²) in [5, 5.41) is 8.92. The average Bonchev–Trinajstić information content (AvgIpc) is 2.29. The molecule has 0 amide bonds. The van der Waals surface area contributed by atoms with Gasteiger partial charge in [0.2, 0.25) is 0 Å². The molecule has 1 aromatic carbocycles. The quantitative estimate of drug-likeness (QED) is 0.743. The predicted octanol–water partition coefficient (Wildman–Crippen LogP) is 3.46. The van der Waals surface area contributed by atoms with Gasteiger partial charge in [-0.05, 0) is 37.6 Å². The number of benzene rings is 1. The molecule has 0 fully saturated rings. The van der Waals surface area contributed by atoms with Gasteiger partial charge in [-0.2, -0.15) is 5.26 Å². The van der Waals surface area contributed by atoms with Gasteiger partial charge in [0.1, 0.15) is 5.82 Å². The second-order valence-electron chi connectivity index (χ2n) is 3.52. The first-order valence-corrected chi connectivity index (χ1v) is 7.34. The molecule has 0 heterocycles. The van der Waals surface area contributed by atoms with Gasteiger partial charge in [0.25, 0.3) is 0 Å². The lowest BCUT2D eigenvalue weighted by molar-refractivity contribution is 0.219. The van der Waals surface area contributed by atoms with E-state index in [4.69, 9.17) is 14.3 Å². The number of rotatable bonds is 6. The van der Waals surface area contributed by atoms with Crippen molar-refractivity contribution in [2.45, 2.75) is 20.0 Å². The van der Waals surface area contributed by atoms with E-state index in [1.165, 1.54) is 18.2 Å². The van der Waals surface area contributed by atoms with Crippen molar-refractivity contribution in [1.82, 2.24) is 0 Å². The molecule has 1 aromatic rings. The molecule has 18 heavy (non-hydrogen) atoms. The predicted molar refractivity (Wildman–Crippen MR) is 65.7 cm³/mol. The summed E-state index contributed by atoms with van der Waals surface area (Å²) in [6.45, 7) is 3.86. The summed E-state index contributed by atoms with van der Waals surface area (Å²) in [5.41, 5.74) is 0.610. The van der Waals surface area contributed by atoms with Crippen LogP contribution in [0.3, 0.4) is 0 Å². The van der Waals surface area contributed by atoms with Crippen molar-refractivity contribution in [3.8, 4) is 6.07 Å². The first-order chi connectivity index (χ1) is 8.54. The Morgan fingerprint density at radius 2 is 1.94 bits per heavy atom. The smallest absolute Gasteiger partial charge is 0.309 e. The van der Waals surface area contributed by atoms with Crippen LogP contribution in [0.2, 0.25) is 0 Å². The standard InChI is InChI=1S/C12H15FNO3P/c1-3-16-18(15,17-4-2)9-11-7-12(13)6-5-10(11)8-14/h5-7H,3-4,9H2,1-2H3. The number of hydrogen-bond donors (Lipinski definition) is 0. The molecule has 0 aromatic heterocycles. The van der Waals surface area contributed by atoms with Crippen molar-refractivity contribution < 1.29 is 18.0 Å². The highest BCUT2D eigenvalue weighted by Gasteiger charge is 2.25. The van der Waals surface area contributed by atoms with E-state index >= 15 is 0 Å². The Morgan fingerprint density at radius 3 is 2.44 bits per heavy atom. The Bertz CT molecular complexity index is 489. The Morgan fingerprint density at radius 1 is 1.33 bits per heavy atom. The van der Waals surface area contributed by atoms with Gasteiger partial charge in [-0.15, -0.1) is 0 Å². The number of nitriles is 1. The lowest BCUT2D eigenvalue weighted by Gasteiger charge is -2.17. The fourth-order valence-corrected chi connectivity index (χ4v) is 3.26. The molecule has 1 rings (SSSR count). The van der Waals surface area contributed by atoms with Gasteiger partial charge in [0, 0.05) is 0 Å². The first-order valence-electron chi connectivity index (χ1n) is 5.61. The summed E-state index contributed by atoms with van der Waals surface area (Å²) in [4.78, 5) is 0. The van der Waals surface area contributed by atoms with Crippen LogP contribution in [0.1, 0.15) is 25.0 Å². The van der Waals surface area contributed by atoms with Gasteiger partial charge in [-0.1, -0.05) is 0 Å². The van der Waals surface area contributed by atoms with Gasteiger partial charge in [0.15, 0.2) is 0 Å². The van der Waals surface area contributed by atoms with Crippen LogP contribution in [-0.4, -0.2) is 13.2 Å². The maximum atomic E-state index is 13.1. The lowest BCUT2D eigenvalue weighted by Crippen LogP contribution is -2.01. The third-order valence-electron chi connectivity index (χ3n) is 2.20. The van der Waals surface area contributed by atoms with Crippen LogP contribution in [-0.2, 0) is 19.8 Å². The van der Waals surface area contributed by atoms with E-state index in [-0.39, 0.29) is 24.9 Å². The van der Waals surface area contributed by atoms with Gasteiger partial charge in [-0.3, -0.25) is 4.57 Å². The molecule has 0 aliphatic carbocycles. The van der Waals surface area contributed by atoms with Crippen LogP contribution in [0, 0.1) is 17.1 Å². The molecule has 0 bridgehead atoms. The summed E-state index contributed by atoms with van der Waals surface area (Å²) in [6.07, 6.45) is -0.102. The molecule has 0 saturated heterocycles. The van der Waals surface area contributed by atoms with Crippen molar-refractivity contribution in [2.75, 3.05) is 13.2 Å². The molecular weight excluding hydrogens is 256 g/mol. The zero-order chi connectivity index (χ0) is 13.6. The van der Waals surface area contributed by atoms with Crippen LogP contribution in [0.4, 0.5) is 4.39 Å². The number of halogens is 1.